The van der Waals surface area contributed by atoms with E-state index in [9.17, 15) is 5.11 Å². The third-order valence-electron chi connectivity index (χ3n) is 5.48. The molecule has 4 heterocycles. The summed E-state index contributed by atoms with van der Waals surface area (Å²) in [5.74, 6) is 1.01. The fraction of sp³-hybridized carbons (Fsp3) is 0.526. The second-order valence-corrected chi connectivity index (χ2v) is 7.29. The number of pyridine rings is 1. The Morgan fingerprint density at radius 2 is 2.08 bits per heavy atom. The van der Waals surface area contributed by atoms with Gasteiger partial charge in [-0.3, -0.25) is 9.80 Å². The zero-order valence-corrected chi connectivity index (χ0v) is 14.5. The normalized spacial score (nSPS) is 28.2. The predicted octanol–water partition coefficient (Wildman–Crippen LogP) is 1.82. The molecular formula is C19H26N4O. The van der Waals surface area contributed by atoms with Crippen molar-refractivity contribution in [3.8, 4) is 5.82 Å². The van der Waals surface area contributed by atoms with E-state index in [-0.39, 0.29) is 6.10 Å². The Labute approximate surface area is 143 Å². The van der Waals surface area contributed by atoms with Crippen LogP contribution in [0.2, 0.25) is 0 Å². The first-order chi connectivity index (χ1) is 11.6. The van der Waals surface area contributed by atoms with E-state index in [1.165, 1.54) is 11.3 Å². The molecule has 2 aromatic rings. The summed E-state index contributed by atoms with van der Waals surface area (Å²) in [7, 11) is 0. The molecule has 4 rings (SSSR count). The summed E-state index contributed by atoms with van der Waals surface area (Å²) in [5.41, 5.74) is 2.46. The lowest BCUT2D eigenvalue weighted by Crippen LogP contribution is -2.54. The van der Waals surface area contributed by atoms with E-state index in [0.717, 1.165) is 38.4 Å². The molecule has 24 heavy (non-hydrogen) atoms. The average molecular weight is 326 g/mol. The number of nitrogens with zero attached hydrogens (tertiary/aromatic N) is 4. The van der Waals surface area contributed by atoms with Gasteiger partial charge in [-0.15, -0.1) is 0 Å². The van der Waals surface area contributed by atoms with Crippen molar-refractivity contribution in [1.82, 2.24) is 19.4 Å². The molecule has 1 N–H and O–H groups in total. The second kappa shape index (κ2) is 6.31. The van der Waals surface area contributed by atoms with Crippen LogP contribution in [0.1, 0.15) is 24.6 Å². The number of aryl methyl sites for hydroxylation is 1. The highest BCUT2D eigenvalue weighted by Gasteiger charge is 2.38. The van der Waals surface area contributed by atoms with Crippen LogP contribution in [0.15, 0.2) is 36.7 Å². The number of hydrogen-bond donors (Lipinski definition) is 1. The van der Waals surface area contributed by atoms with Gasteiger partial charge < -0.3 is 9.67 Å². The van der Waals surface area contributed by atoms with Crippen molar-refractivity contribution < 1.29 is 5.11 Å². The zero-order valence-electron chi connectivity index (χ0n) is 14.5. The molecular weight excluding hydrogens is 300 g/mol. The lowest BCUT2D eigenvalue weighted by molar-refractivity contribution is 0.0517. The smallest absolute Gasteiger partial charge is 0.139 e. The topological polar surface area (TPSA) is 44.5 Å². The Kier molecular flexibility index (Phi) is 4.16. The molecule has 0 unspecified atom stereocenters. The molecule has 2 fully saturated rings. The number of hydrogen-bond acceptors (Lipinski definition) is 4. The van der Waals surface area contributed by atoms with Crippen molar-refractivity contribution >= 4 is 0 Å². The highest BCUT2D eigenvalue weighted by Crippen LogP contribution is 2.26. The molecule has 0 amide bonds. The minimum absolute atomic E-state index is 0.151. The van der Waals surface area contributed by atoms with Crippen LogP contribution in [-0.4, -0.2) is 62.3 Å². The van der Waals surface area contributed by atoms with E-state index in [0.29, 0.717) is 12.1 Å². The molecule has 0 spiro atoms. The molecule has 0 aromatic carbocycles. The summed E-state index contributed by atoms with van der Waals surface area (Å²) in [5, 5.41) is 9.94. The number of aromatic nitrogens is 2. The van der Waals surface area contributed by atoms with Gasteiger partial charge in [-0.25, -0.2) is 4.98 Å². The van der Waals surface area contributed by atoms with Crippen LogP contribution in [0.4, 0.5) is 0 Å². The van der Waals surface area contributed by atoms with Crippen molar-refractivity contribution in [3.05, 3.63) is 47.9 Å². The van der Waals surface area contributed by atoms with Crippen molar-refractivity contribution in [2.75, 3.05) is 19.6 Å². The Balaban J connectivity index is 1.54. The SMILES string of the molecule is Cc1cccnc1-n1cccc1CN1C[C@H]2C[C@@H](O)CN2C[C@@H]1C. The van der Waals surface area contributed by atoms with Gasteiger partial charge in [0.2, 0.25) is 0 Å². The molecule has 128 valence electrons. The molecule has 0 saturated carbocycles. The molecule has 2 aromatic heterocycles. The molecule has 5 heteroatoms. The second-order valence-electron chi connectivity index (χ2n) is 7.29. The summed E-state index contributed by atoms with van der Waals surface area (Å²) in [4.78, 5) is 9.56. The van der Waals surface area contributed by atoms with Crippen LogP contribution in [0.3, 0.4) is 0 Å². The third kappa shape index (κ3) is 2.88. The van der Waals surface area contributed by atoms with Gasteiger partial charge in [-0.05, 0) is 44.0 Å². The zero-order chi connectivity index (χ0) is 16.7. The largest absolute Gasteiger partial charge is 0.392 e. The van der Waals surface area contributed by atoms with Gasteiger partial charge in [0, 0.05) is 56.4 Å². The number of piperazine rings is 1. The predicted molar refractivity (Wildman–Crippen MR) is 94.2 cm³/mol. The van der Waals surface area contributed by atoms with Crippen molar-refractivity contribution in [2.24, 2.45) is 0 Å². The van der Waals surface area contributed by atoms with Gasteiger partial charge in [0.05, 0.1) is 6.10 Å². The average Bonchev–Trinajstić information content (AvgIpc) is 3.14. The van der Waals surface area contributed by atoms with E-state index in [4.69, 9.17) is 0 Å². The van der Waals surface area contributed by atoms with E-state index < -0.39 is 0 Å². The van der Waals surface area contributed by atoms with E-state index in [1.54, 1.807) is 0 Å². The van der Waals surface area contributed by atoms with Gasteiger partial charge in [-0.2, -0.15) is 0 Å². The molecule has 2 saturated heterocycles. The maximum absolute atomic E-state index is 9.94. The third-order valence-corrected chi connectivity index (χ3v) is 5.48. The van der Waals surface area contributed by atoms with Gasteiger partial charge in [0.25, 0.3) is 0 Å². The van der Waals surface area contributed by atoms with Crippen LogP contribution in [0.5, 0.6) is 0 Å². The summed E-state index contributed by atoms with van der Waals surface area (Å²) < 4.78 is 2.21. The summed E-state index contributed by atoms with van der Waals surface area (Å²) >= 11 is 0. The Morgan fingerprint density at radius 3 is 2.92 bits per heavy atom. The van der Waals surface area contributed by atoms with Gasteiger partial charge in [0.1, 0.15) is 5.82 Å². The lowest BCUT2D eigenvalue weighted by atomic mass is 10.1. The monoisotopic (exact) mass is 326 g/mol. The summed E-state index contributed by atoms with van der Waals surface area (Å²) in [6, 6.07) is 9.37. The number of fused-ring (bicyclic) bond motifs is 1. The van der Waals surface area contributed by atoms with Crippen LogP contribution in [0, 0.1) is 6.92 Å². The minimum atomic E-state index is -0.151. The van der Waals surface area contributed by atoms with E-state index in [1.807, 2.05) is 12.3 Å². The van der Waals surface area contributed by atoms with Crippen LogP contribution < -0.4 is 0 Å². The van der Waals surface area contributed by atoms with Crippen molar-refractivity contribution in [2.45, 2.75) is 45.0 Å². The van der Waals surface area contributed by atoms with Crippen molar-refractivity contribution in [3.63, 3.8) is 0 Å². The Bertz CT molecular complexity index is 713. The van der Waals surface area contributed by atoms with Crippen LogP contribution >= 0.6 is 0 Å². The van der Waals surface area contributed by atoms with Gasteiger partial charge >= 0.3 is 0 Å². The molecule has 0 aliphatic carbocycles. The maximum Gasteiger partial charge on any atom is 0.139 e. The van der Waals surface area contributed by atoms with E-state index in [2.05, 4.69) is 57.6 Å². The number of aliphatic hydroxyl groups is 1. The fourth-order valence-electron chi connectivity index (χ4n) is 4.19. The Morgan fingerprint density at radius 1 is 1.21 bits per heavy atom. The van der Waals surface area contributed by atoms with Gasteiger partial charge in [-0.1, -0.05) is 6.07 Å². The van der Waals surface area contributed by atoms with Crippen molar-refractivity contribution in [1.29, 1.82) is 0 Å². The molecule has 5 nitrogen and oxygen atoms in total. The molecule has 3 atom stereocenters. The standard InChI is InChI=1S/C19H26N4O/c1-14-5-3-7-20-19(14)23-8-4-6-16(23)11-21-12-17-9-18(24)13-22(17)10-15(21)2/h3-8,15,17-18,24H,9-13H2,1-2H3/t15-,17+,18+/m0/s1. The first-order valence-electron chi connectivity index (χ1n) is 8.86. The highest BCUT2D eigenvalue weighted by molar-refractivity contribution is 5.35. The lowest BCUT2D eigenvalue weighted by Gasteiger charge is -2.42. The molecule has 0 bridgehead atoms. The van der Waals surface area contributed by atoms with E-state index >= 15 is 0 Å². The quantitative estimate of drug-likeness (QED) is 0.934. The first-order valence-corrected chi connectivity index (χ1v) is 8.86. The summed E-state index contributed by atoms with van der Waals surface area (Å²) in [6.07, 6.45) is 4.71. The maximum atomic E-state index is 9.94. The molecule has 2 aliphatic rings. The molecule has 0 radical (unpaired) electrons. The molecule has 2 aliphatic heterocycles. The Hall–Kier alpha value is -1.69. The summed E-state index contributed by atoms with van der Waals surface area (Å²) in [6.45, 7) is 8.24. The van der Waals surface area contributed by atoms with Crippen LogP contribution in [-0.2, 0) is 6.54 Å². The van der Waals surface area contributed by atoms with Crippen LogP contribution in [0.25, 0.3) is 5.82 Å². The number of aliphatic hydroxyl groups excluding tert-OH is 1. The number of rotatable bonds is 3. The van der Waals surface area contributed by atoms with Gasteiger partial charge in [0.15, 0.2) is 0 Å². The first kappa shape index (κ1) is 15.8. The highest BCUT2D eigenvalue weighted by atomic mass is 16.3. The fourth-order valence-corrected chi connectivity index (χ4v) is 4.19. The minimum Gasteiger partial charge on any atom is -0.392 e.